The standard InChI is InChI=1S/C25H32N4O2/c1-3-25(30)29(22-13-15-27(16-14-22)17-20-7-5-4-6-8-20)24-19-28(26-24)18-21-9-11-23(31-2)12-10-21/h4-12,19,22,26H,3,13-18H2,1-2H3. The van der Waals surface area contributed by atoms with Gasteiger partial charge in [-0.2, -0.15) is 0 Å². The second kappa shape index (κ2) is 9.88. The Morgan fingerprint density at radius 1 is 1.03 bits per heavy atom. The lowest BCUT2D eigenvalue weighted by Crippen LogP contribution is -2.48. The van der Waals surface area contributed by atoms with Gasteiger partial charge in [-0.25, -0.2) is 0 Å². The lowest BCUT2D eigenvalue weighted by atomic mass is 10.0. The van der Waals surface area contributed by atoms with Crippen molar-refractivity contribution in [2.24, 2.45) is 0 Å². The number of aromatic amines is 1. The summed E-state index contributed by atoms with van der Waals surface area (Å²) < 4.78 is 7.25. The first kappa shape index (κ1) is 21.2. The van der Waals surface area contributed by atoms with Crippen LogP contribution in [0, 0.1) is 0 Å². The summed E-state index contributed by atoms with van der Waals surface area (Å²) in [5, 5.41) is 3.38. The number of ether oxygens (including phenoxy) is 1. The zero-order chi connectivity index (χ0) is 21.6. The van der Waals surface area contributed by atoms with Crippen molar-refractivity contribution >= 4 is 11.7 Å². The van der Waals surface area contributed by atoms with Gasteiger partial charge in [0.05, 0.1) is 19.9 Å². The number of methoxy groups -OCH3 is 1. The van der Waals surface area contributed by atoms with Gasteiger partial charge >= 0.3 is 0 Å². The van der Waals surface area contributed by atoms with Gasteiger partial charge in [-0.05, 0) is 36.1 Å². The van der Waals surface area contributed by atoms with E-state index in [4.69, 9.17) is 4.74 Å². The second-order valence-electron chi connectivity index (χ2n) is 8.21. The fourth-order valence-electron chi connectivity index (χ4n) is 4.30. The first-order valence-corrected chi connectivity index (χ1v) is 11.1. The number of anilines is 1. The van der Waals surface area contributed by atoms with Crippen LogP contribution in [0.1, 0.15) is 37.3 Å². The van der Waals surface area contributed by atoms with Gasteiger partial charge in [0, 0.05) is 32.1 Å². The maximum atomic E-state index is 12.8. The number of nitrogens with zero attached hydrogens (tertiary/aromatic N) is 3. The molecule has 1 aliphatic rings. The number of carbonyl (C=O) groups is 1. The minimum Gasteiger partial charge on any atom is -0.497 e. The second-order valence-corrected chi connectivity index (χ2v) is 8.21. The predicted octanol–water partition coefficient (Wildman–Crippen LogP) is 4.28. The molecule has 3 aromatic rings. The summed E-state index contributed by atoms with van der Waals surface area (Å²) in [6.45, 7) is 5.68. The van der Waals surface area contributed by atoms with E-state index in [0.717, 1.165) is 50.6 Å². The molecule has 164 valence electrons. The average molecular weight is 421 g/mol. The van der Waals surface area contributed by atoms with Gasteiger partial charge in [0.25, 0.3) is 0 Å². The number of hydrogen-bond acceptors (Lipinski definition) is 3. The summed E-state index contributed by atoms with van der Waals surface area (Å²) in [5.74, 6) is 1.96. The fourth-order valence-corrected chi connectivity index (χ4v) is 4.30. The molecule has 1 amide bonds. The molecular formula is C25H32N4O2. The van der Waals surface area contributed by atoms with E-state index in [1.54, 1.807) is 7.11 Å². The quantitative estimate of drug-likeness (QED) is 0.592. The molecule has 1 aromatic heterocycles. The zero-order valence-electron chi connectivity index (χ0n) is 18.5. The lowest BCUT2D eigenvalue weighted by Gasteiger charge is -2.39. The minimum absolute atomic E-state index is 0.185. The van der Waals surface area contributed by atoms with Crippen molar-refractivity contribution in [3.8, 4) is 5.75 Å². The van der Waals surface area contributed by atoms with Crippen molar-refractivity contribution in [3.63, 3.8) is 0 Å². The summed E-state index contributed by atoms with van der Waals surface area (Å²) in [5.41, 5.74) is 2.53. The van der Waals surface area contributed by atoms with E-state index in [1.165, 1.54) is 11.1 Å². The smallest absolute Gasteiger partial charge is 0.228 e. The Kier molecular flexibility index (Phi) is 6.77. The molecule has 0 unspecified atom stereocenters. The third-order valence-electron chi connectivity index (χ3n) is 6.05. The topological polar surface area (TPSA) is 53.5 Å². The highest BCUT2D eigenvalue weighted by Crippen LogP contribution is 2.25. The molecule has 1 N–H and O–H groups in total. The van der Waals surface area contributed by atoms with Crippen molar-refractivity contribution in [1.82, 2.24) is 14.7 Å². The number of H-pyrrole nitrogens is 1. The van der Waals surface area contributed by atoms with Crippen LogP contribution < -0.4 is 9.64 Å². The zero-order valence-corrected chi connectivity index (χ0v) is 18.5. The van der Waals surface area contributed by atoms with Crippen LogP contribution in [0.15, 0.2) is 60.8 Å². The van der Waals surface area contributed by atoms with Crippen LogP contribution in [-0.4, -0.2) is 46.8 Å². The van der Waals surface area contributed by atoms with Crippen molar-refractivity contribution in [2.75, 3.05) is 25.1 Å². The summed E-state index contributed by atoms with van der Waals surface area (Å²) in [7, 11) is 1.67. The van der Waals surface area contributed by atoms with Crippen molar-refractivity contribution < 1.29 is 9.53 Å². The van der Waals surface area contributed by atoms with E-state index >= 15 is 0 Å². The number of rotatable bonds is 8. The number of amides is 1. The molecule has 2 aromatic carbocycles. The molecule has 0 spiro atoms. The van der Waals surface area contributed by atoms with Crippen molar-refractivity contribution in [3.05, 3.63) is 71.9 Å². The van der Waals surface area contributed by atoms with Crippen LogP contribution in [0.2, 0.25) is 0 Å². The molecule has 0 bridgehead atoms. The summed E-state index contributed by atoms with van der Waals surface area (Å²) in [6.07, 6.45) is 4.56. The highest BCUT2D eigenvalue weighted by Gasteiger charge is 2.30. The highest BCUT2D eigenvalue weighted by molar-refractivity contribution is 5.92. The fraction of sp³-hybridized carbons (Fsp3) is 0.400. The molecule has 6 nitrogen and oxygen atoms in total. The first-order chi connectivity index (χ1) is 15.2. The number of nitrogens with one attached hydrogen (secondary N) is 1. The predicted molar refractivity (Wildman–Crippen MR) is 123 cm³/mol. The summed E-state index contributed by atoms with van der Waals surface area (Å²) in [4.78, 5) is 17.2. The van der Waals surface area contributed by atoms with Crippen LogP contribution >= 0.6 is 0 Å². The summed E-state index contributed by atoms with van der Waals surface area (Å²) >= 11 is 0. The Hall–Kier alpha value is -2.99. The Morgan fingerprint density at radius 3 is 2.29 bits per heavy atom. The molecule has 6 heteroatoms. The van der Waals surface area contributed by atoms with Crippen LogP contribution in [0.25, 0.3) is 0 Å². The number of benzene rings is 2. The van der Waals surface area contributed by atoms with E-state index in [2.05, 4.69) is 52.5 Å². The van der Waals surface area contributed by atoms with E-state index in [9.17, 15) is 4.79 Å². The van der Waals surface area contributed by atoms with E-state index < -0.39 is 0 Å². The molecular weight excluding hydrogens is 388 g/mol. The molecule has 2 heterocycles. The van der Waals surface area contributed by atoms with Gasteiger partial charge in [0.15, 0.2) is 0 Å². The van der Waals surface area contributed by atoms with E-state index in [-0.39, 0.29) is 11.9 Å². The molecule has 0 atom stereocenters. The number of hydrogen-bond donors (Lipinski definition) is 1. The molecule has 1 saturated heterocycles. The Morgan fingerprint density at radius 2 is 1.68 bits per heavy atom. The average Bonchev–Trinajstić information content (AvgIpc) is 2.79. The van der Waals surface area contributed by atoms with Crippen molar-refractivity contribution in [2.45, 2.75) is 45.3 Å². The maximum Gasteiger partial charge on any atom is 0.228 e. The highest BCUT2D eigenvalue weighted by atomic mass is 16.5. The SMILES string of the molecule is CCC(=O)N(c1cn(Cc2ccc(OC)cc2)[nH]1)C1CCN(Cc2ccccc2)CC1. The van der Waals surface area contributed by atoms with Crippen LogP contribution in [0.4, 0.5) is 5.82 Å². The van der Waals surface area contributed by atoms with Gasteiger partial charge in [-0.3, -0.25) is 24.4 Å². The molecule has 1 aliphatic heterocycles. The third kappa shape index (κ3) is 5.20. The largest absolute Gasteiger partial charge is 0.497 e. The van der Waals surface area contributed by atoms with Gasteiger partial charge in [-0.1, -0.05) is 49.4 Å². The number of aromatic nitrogens is 2. The monoisotopic (exact) mass is 420 g/mol. The van der Waals surface area contributed by atoms with Gasteiger partial charge in [0.2, 0.25) is 5.91 Å². The molecule has 31 heavy (non-hydrogen) atoms. The van der Waals surface area contributed by atoms with E-state index in [0.29, 0.717) is 6.42 Å². The Balaban J connectivity index is 1.36. The van der Waals surface area contributed by atoms with Gasteiger partial charge < -0.3 is 4.74 Å². The normalized spacial score (nSPS) is 15.2. The molecule has 4 rings (SSSR count). The third-order valence-corrected chi connectivity index (χ3v) is 6.05. The van der Waals surface area contributed by atoms with Gasteiger partial charge in [-0.15, -0.1) is 0 Å². The maximum absolute atomic E-state index is 12.8. The number of likely N-dealkylation sites (tertiary alicyclic amines) is 1. The van der Waals surface area contributed by atoms with Crippen LogP contribution in [0.5, 0.6) is 5.75 Å². The molecule has 0 radical (unpaired) electrons. The Labute approximate surface area is 184 Å². The first-order valence-electron chi connectivity index (χ1n) is 11.1. The number of carbonyl (C=O) groups excluding carboxylic acids is 1. The number of piperidine rings is 1. The molecule has 0 aliphatic carbocycles. The minimum atomic E-state index is 0.185. The molecule has 0 saturated carbocycles. The lowest BCUT2D eigenvalue weighted by molar-refractivity contribution is -0.119. The molecule has 1 fully saturated rings. The van der Waals surface area contributed by atoms with Crippen LogP contribution in [-0.2, 0) is 17.9 Å². The summed E-state index contributed by atoms with van der Waals surface area (Å²) in [6, 6.07) is 18.9. The van der Waals surface area contributed by atoms with Crippen molar-refractivity contribution in [1.29, 1.82) is 0 Å². The van der Waals surface area contributed by atoms with Crippen LogP contribution in [0.3, 0.4) is 0 Å². The van der Waals surface area contributed by atoms with Gasteiger partial charge in [0.1, 0.15) is 11.6 Å². The Bertz CT molecular complexity index is 941. The van der Waals surface area contributed by atoms with E-state index in [1.807, 2.05) is 34.8 Å².